The van der Waals surface area contributed by atoms with Crippen LogP contribution in [-0.2, 0) is 0 Å². The molecule has 0 aliphatic heterocycles. The van der Waals surface area contributed by atoms with E-state index in [0.29, 0.717) is 11.5 Å². The van der Waals surface area contributed by atoms with Crippen molar-refractivity contribution in [3.8, 4) is 5.75 Å². The van der Waals surface area contributed by atoms with E-state index in [0.717, 1.165) is 25.0 Å². The molecule has 1 atom stereocenters. The minimum atomic E-state index is -0.908. The summed E-state index contributed by atoms with van der Waals surface area (Å²) < 4.78 is 5.89. The standard InChI is InChI=1S/C16H20O3/c1-11(2)9-12-3-6-15(10-12)19-14-7-4-13(5-8-14)16(17)18/h4-5,7-9,11,15H,3,6,10H2,1-2H3,(H,17,18)/b12-9-. The van der Waals surface area contributed by atoms with Gasteiger partial charge in [0.25, 0.3) is 0 Å². The Morgan fingerprint density at radius 1 is 1.37 bits per heavy atom. The van der Waals surface area contributed by atoms with Crippen LogP contribution < -0.4 is 4.74 Å². The van der Waals surface area contributed by atoms with E-state index in [-0.39, 0.29) is 6.10 Å². The summed E-state index contributed by atoms with van der Waals surface area (Å²) in [6.07, 6.45) is 5.67. The van der Waals surface area contributed by atoms with Crippen LogP contribution in [0.25, 0.3) is 0 Å². The van der Waals surface area contributed by atoms with Crippen LogP contribution >= 0.6 is 0 Å². The Balaban J connectivity index is 1.94. The highest BCUT2D eigenvalue weighted by molar-refractivity contribution is 5.87. The van der Waals surface area contributed by atoms with Gasteiger partial charge in [0.2, 0.25) is 0 Å². The Hall–Kier alpha value is -1.77. The van der Waals surface area contributed by atoms with Crippen LogP contribution in [0.1, 0.15) is 43.5 Å². The van der Waals surface area contributed by atoms with E-state index in [4.69, 9.17) is 9.84 Å². The van der Waals surface area contributed by atoms with Gasteiger partial charge in [-0.05, 0) is 43.0 Å². The first kappa shape index (κ1) is 13.7. The minimum absolute atomic E-state index is 0.223. The van der Waals surface area contributed by atoms with Crippen molar-refractivity contribution in [2.24, 2.45) is 5.92 Å². The second kappa shape index (κ2) is 5.91. The first-order valence-electron chi connectivity index (χ1n) is 6.74. The molecular weight excluding hydrogens is 240 g/mol. The summed E-state index contributed by atoms with van der Waals surface area (Å²) >= 11 is 0. The summed E-state index contributed by atoms with van der Waals surface area (Å²) in [5.74, 6) is 0.430. The van der Waals surface area contributed by atoms with Gasteiger partial charge in [0.05, 0.1) is 5.56 Å². The van der Waals surface area contributed by atoms with Crippen LogP contribution in [0.5, 0.6) is 5.75 Å². The first-order valence-corrected chi connectivity index (χ1v) is 6.74. The number of carbonyl (C=O) groups is 1. The molecule has 1 saturated carbocycles. The Labute approximate surface area is 113 Å². The zero-order valence-electron chi connectivity index (χ0n) is 11.4. The molecule has 0 radical (unpaired) electrons. The van der Waals surface area contributed by atoms with Crippen LogP contribution in [0.4, 0.5) is 0 Å². The average Bonchev–Trinajstić information content (AvgIpc) is 2.76. The van der Waals surface area contributed by atoms with Gasteiger partial charge in [0.1, 0.15) is 11.9 Å². The van der Waals surface area contributed by atoms with Crippen molar-refractivity contribution in [2.45, 2.75) is 39.2 Å². The average molecular weight is 260 g/mol. The van der Waals surface area contributed by atoms with Gasteiger partial charge in [0, 0.05) is 6.42 Å². The number of carboxylic acids is 1. The molecule has 1 aliphatic rings. The lowest BCUT2D eigenvalue weighted by Gasteiger charge is -2.12. The van der Waals surface area contributed by atoms with Gasteiger partial charge in [0.15, 0.2) is 0 Å². The molecule has 3 nitrogen and oxygen atoms in total. The predicted molar refractivity (Wildman–Crippen MR) is 74.6 cm³/mol. The summed E-state index contributed by atoms with van der Waals surface area (Å²) in [5.41, 5.74) is 1.77. The smallest absolute Gasteiger partial charge is 0.335 e. The molecule has 1 N–H and O–H groups in total. The van der Waals surface area contributed by atoms with E-state index in [1.165, 1.54) is 5.57 Å². The Morgan fingerprint density at radius 2 is 2.05 bits per heavy atom. The fourth-order valence-corrected chi connectivity index (χ4v) is 2.43. The first-order chi connectivity index (χ1) is 9.04. The van der Waals surface area contributed by atoms with Crippen molar-refractivity contribution in [1.82, 2.24) is 0 Å². The Kier molecular flexibility index (Phi) is 4.25. The molecule has 1 aliphatic carbocycles. The molecule has 19 heavy (non-hydrogen) atoms. The normalized spacial score (nSPS) is 21.0. The SMILES string of the molecule is CC(C)/C=C1/CCC(Oc2ccc(C(=O)O)cc2)C1. The number of hydrogen-bond donors (Lipinski definition) is 1. The number of allylic oxidation sites excluding steroid dienone is 1. The number of ether oxygens (including phenoxy) is 1. The fraction of sp³-hybridized carbons (Fsp3) is 0.438. The Morgan fingerprint density at radius 3 is 2.63 bits per heavy atom. The minimum Gasteiger partial charge on any atom is -0.490 e. The van der Waals surface area contributed by atoms with Crippen molar-refractivity contribution in [1.29, 1.82) is 0 Å². The lowest BCUT2D eigenvalue weighted by atomic mass is 10.1. The third kappa shape index (κ3) is 3.85. The molecule has 2 rings (SSSR count). The maximum absolute atomic E-state index is 10.8. The number of hydrogen-bond acceptors (Lipinski definition) is 2. The molecule has 0 heterocycles. The molecule has 1 aromatic rings. The summed E-state index contributed by atoms with van der Waals surface area (Å²) in [6.45, 7) is 4.37. The van der Waals surface area contributed by atoms with Crippen molar-refractivity contribution in [3.05, 3.63) is 41.5 Å². The molecule has 3 heteroatoms. The predicted octanol–water partition coefficient (Wildman–Crippen LogP) is 3.90. The van der Waals surface area contributed by atoms with E-state index < -0.39 is 5.97 Å². The van der Waals surface area contributed by atoms with Crippen molar-refractivity contribution in [3.63, 3.8) is 0 Å². The van der Waals surface area contributed by atoms with Crippen LogP contribution in [-0.4, -0.2) is 17.2 Å². The quantitative estimate of drug-likeness (QED) is 0.835. The summed E-state index contributed by atoms with van der Waals surface area (Å²) in [6, 6.07) is 6.62. The molecule has 0 saturated heterocycles. The maximum atomic E-state index is 10.8. The Bertz CT molecular complexity index is 471. The number of benzene rings is 1. The number of aromatic carboxylic acids is 1. The molecule has 1 unspecified atom stereocenters. The van der Waals surface area contributed by atoms with E-state index in [1.54, 1.807) is 24.3 Å². The van der Waals surface area contributed by atoms with Gasteiger partial charge in [-0.2, -0.15) is 0 Å². The lowest BCUT2D eigenvalue weighted by Crippen LogP contribution is -2.11. The molecule has 1 fully saturated rings. The summed E-state index contributed by atoms with van der Waals surface area (Å²) in [5, 5.41) is 8.83. The number of rotatable bonds is 4. The summed E-state index contributed by atoms with van der Waals surface area (Å²) in [7, 11) is 0. The van der Waals surface area contributed by atoms with Gasteiger partial charge < -0.3 is 9.84 Å². The van der Waals surface area contributed by atoms with Crippen molar-refractivity contribution in [2.75, 3.05) is 0 Å². The van der Waals surface area contributed by atoms with E-state index >= 15 is 0 Å². The molecular formula is C16H20O3. The van der Waals surface area contributed by atoms with Crippen LogP contribution in [0.15, 0.2) is 35.9 Å². The van der Waals surface area contributed by atoms with Crippen molar-refractivity contribution >= 4 is 5.97 Å². The second-order valence-corrected chi connectivity index (χ2v) is 5.38. The fourth-order valence-electron chi connectivity index (χ4n) is 2.43. The van der Waals surface area contributed by atoms with Gasteiger partial charge in [-0.15, -0.1) is 0 Å². The van der Waals surface area contributed by atoms with Crippen LogP contribution in [0, 0.1) is 5.92 Å². The van der Waals surface area contributed by atoms with E-state index in [1.807, 2.05) is 0 Å². The maximum Gasteiger partial charge on any atom is 0.335 e. The van der Waals surface area contributed by atoms with Crippen LogP contribution in [0.2, 0.25) is 0 Å². The topological polar surface area (TPSA) is 46.5 Å². The molecule has 102 valence electrons. The molecule has 1 aromatic carbocycles. The number of carboxylic acid groups (broad SMARTS) is 1. The van der Waals surface area contributed by atoms with Gasteiger partial charge in [-0.25, -0.2) is 4.79 Å². The van der Waals surface area contributed by atoms with Crippen molar-refractivity contribution < 1.29 is 14.6 Å². The third-order valence-corrected chi connectivity index (χ3v) is 3.25. The molecule has 0 bridgehead atoms. The highest BCUT2D eigenvalue weighted by atomic mass is 16.5. The van der Waals surface area contributed by atoms with E-state index in [9.17, 15) is 4.79 Å². The zero-order valence-corrected chi connectivity index (χ0v) is 11.4. The zero-order chi connectivity index (χ0) is 13.8. The molecule has 0 amide bonds. The monoisotopic (exact) mass is 260 g/mol. The van der Waals surface area contributed by atoms with Gasteiger partial charge in [-0.3, -0.25) is 0 Å². The second-order valence-electron chi connectivity index (χ2n) is 5.38. The van der Waals surface area contributed by atoms with Gasteiger partial charge in [-0.1, -0.05) is 25.5 Å². The highest BCUT2D eigenvalue weighted by Crippen LogP contribution is 2.29. The van der Waals surface area contributed by atoms with Crippen LogP contribution in [0.3, 0.4) is 0 Å². The molecule has 0 aromatic heterocycles. The van der Waals surface area contributed by atoms with Gasteiger partial charge >= 0.3 is 5.97 Å². The largest absolute Gasteiger partial charge is 0.490 e. The lowest BCUT2D eigenvalue weighted by molar-refractivity contribution is 0.0697. The van der Waals surface area contributed by atoms with E-state index in [2.05, 4.69) is 19.9 Å². The molecule has 0 spiro atoms. The summed E-state index contributed by atoms with van der Waals surface area (Å²) in [4.78, 5) is 10.8. The highest BCUT2D eigenvalue weighted by Gasteiger charge is 2.21. The third-order valence-electron chi connectivity index (χ3n) is 3.25.